The molecule has 11 nitrogen and oxygen atoms in total. The lowest BCUT2D eigenvalue weighted by Crippen LogP contribution is -2.15. The van der Waals surface area contributed by atoms with Crippen molar-refractivity contribution in [2.24, 2.45) is 0 Å². The van der Waals surface area contributed by atoms with Crippen molar-refractivity contribution in [2.45, 2.75) is 0 Å². The molecule has 0 fully saturated rings. The van der Waals surface area contributed by atoms with E-state index in [0.717, 1.165) is 0 Å². The van der Waals surface area contributed by atoms with Gasteiger partial charge in [0.05, 0.1) is 24.8 Å². The highest BCUT2D eigenvalue weighted by Gasteiger charge is 2.31. The zero-order valence-corrected chi connectivity index (χ0v) is 18.6. The Morgan fingerprint density at radius 1 is 0.914 bits per heavy atom. The number of esters is 2. The number of carbonyl (C=O) groups is 2. The fourth-order valence-electron chi connectivity index (χ4n) is 3.35. The van der Waals surface area contributed by atoms with E-state index in [1.165, 1.54) is 49.4 Å². The number of rotatable bonds is 7. The number of para-hydroxylation sites is 1. The molecule has 0 aliphatic carbocycles. The van der Waals surface area contributed by atoms with Crippen LogP contribution in [-0.2, 0) is 9.47 Å². The van der Waals surface area contributed by atoms with Crippen LogP contribution in [0.15, 0.2) is 72.9 Å². The molecule has 0 saturated carbocycles. The van der Waals surface area contributed by atoms with Gasteiger partial charge in [-0.05, 0) is 42.5 Å². The maximum Gasteiger partial charge on any atom is 0.357 e. The Kier molecular flexibility index (Phi) is 6.49. The summed E-state index contributed by atoms with van der Waals surface area (Å²) in [7, 11) is 2.40. The van der Waals surface area contributed by atoms with Crippen molar-refractivity contribution >= 4 is 17.6 Å². The van der Waals surface area contributed by atoms with Crippen LogP contribution in [0.3, 0.4) is 0 Å². The zero-order valence-electron chi connectivity index (χ0n) is 18.6. The van der Waals surface area contributed by atoms with E-state index in [9.17, 15) is 19.7 Å². The normalized spacial score (nSPS) is 10.5. The number of benzene rings is 2. The van der Waals surface area contributed by atoms with Gasteiger partial charge in [-0.25, -0.2) is 19.3 Å². The Balaban J connectivity index is 1.80. The Labute approximate surface area is 198 Å². The minimum atomic E-state index is -0.771. The van der Waals surface area contributed by atoms with Crippen molar-refractivity contribution < 1.29 is 28.7 Å². The first-order valence-corrected chi connectivity index (χ1v) is 10.2. The second-order valence-corrected chi connectivity index (χ2v) is 7.01. The molecule has 0 aliphatic rings. The summed E-state index contributed by atoms with van der Waals surface area (Å²) in [6.07, 6.45) is 1.38. The highest BCUT2D eigenvalue weighted by Crippen LogP contribution is 2.32. The molecule has 0 atom stereocenters. The predicted molar refractivity (Wildman–Crippen MR) is 123 cm³/mol. The Hall–Kier alpha value is -5.06. The van der Waals surface area contributed by atoms with Crippen LogP contribution in [0.1, 0.15) is 20.8 Å². The number of hydrogen-bond acceptors (Lipinski definition) is 9. The largest absolute Gasteiger partial charge is 0.465 e. The summed E-state index contributed by atoms with van der Waals surface area (Å²) in [6, 6.07) is 17.7. The molecule has 0 radical (unpaired) electrons. The third kappa shape index (κ3) is 4.55. The molecule has 4 aromatic rings. The van der Waals surface area contributed by atoms with Gasteiger partial charge >= 0.3 is 17.6 Å². The maximum absolute atomic E-state index is 12.7. The van der Waals surface area contributed by atoms with E-state index in [2.05, 4.69) is 10.1 Å². The fraction of sp³-hybridized carbons (Fsp3) is 0.0833. The summed E-state index contributed by atoms with van der Waals surface area (Å²) in [4.78, 5) is 39.9. The second kappa shape index (κ2) is 9.83. The van der Waals surface area contributed by atoms with Crippen LogP contribution < -0.4 is 4.74 Å². The van der Waals surface area contributed by atoms with Gasteiger partial charge in [-0.3, -0.25) is 10.1 Å². The summed E-state index contributed by atoms with van der Waals surface area (Å²) in [5, 5.41) is 15.7. The van der Waals surface area contributed by atoms with E-state index in [0.29, 0.717) is 11.3 Å². The average Bonchev–Trinajstić information content (AvgIpc) is 3.29. The smallest absolute Gasteiger partial charge is 0.357 e. The standard InChI is InChI=1S/C24H18N4O7/c1-33-23(29)19-20(26-27(21(19)24(30)34-2)16-7-4-3-5-8-16)15-10-12-17(13-11-15)35-22-18(28(31)32)9-6-14-25-22/h3-14H,1-2H3. The van der Waals surface area contributed by atoms with Crippen LogP contribution in [-0.4, -0.2) is 45.8 Å². The van der Waals surface area contributed by atoms with Crippen LogP contribution in [0.25, 0.3) is 16.9 Å². The highest BCUT2D eigenvalue weighted by molar-refractivity contribution is 6.06. The minimum Gasteiger partial charge on any atom is -0.465 e. The van der Waals surface area contributed by atoms with Gasteiger partial charge in [-0.1, -0.05) is 18.2 Å². The maximum atomic E-state index is 12.7. The van der Waals surface area contributed by atoms with Gasteiger partial charge in [0.1, 0.15) is 17.0 Å². The molecular formula is C24H18N4O7. The molecule has 11 heteroatoms. The van der Waals surface area contributed by atoms with Crippen molar-refractivity contribution in [3.63, 3.8) is 0 Å². The quantitative estimate of drug-likeness (QED) is 0.219. The van der Waals surface area contributed by atoms with E-state index < -0.39 is 16.9 Å². The summed E-state index contributed by atoms with van der Waals surface area (Å²) in [5.74, 6) is -1.44. The van der Waals surface area contributed by atoms with E-state index in [1.54, 1.807) is 42.5 Å². The first kappa shape index (κ1) is 23.1. The SMILES string of the molecule is COC(=O)c1c(-c2ccc(Oc3ncccc3[N+](=O)[O-])cc2)nn(-c2ccccc2)c1C(=O)OC. The molecule has 0 saturated heterocycles. The van der Waals surface area contributed by atoms with E-state index in [1.807, 2.05) is 0 Å². The van der Waals surface area contributed by atoms with Crippen molar-refractivity contribution in [1.82, 2.24) is 14.8 Å². The summed E-state index contributed by atoms with van der Waals surface area (Å²) >= 11 is 0. The van der Waals surface area contributed by atoms with E-state index >= 15 is 0 Å². The molecule has 0 unspecified atom stereocenters. The number of carbonyl (C=O) groups excluding carboxylic acids is 2. The molecule has 0 spiro atoms. The molecule has 4 rings (SSSR count). The molecule has 0 aliphatic heterocycles. The monoisotopic (exact) mass is 474 g/mol. The molecule has 0 bridgehead atoms. The molecule has 2 heterocycles. The number of hydrogen-bond donors (Lipinski definition) is 0. The van der Waals surface area contributed by atoms with Crippen LogP contribution in [0.5, 0.6) is 11.6 Å². The van der Waals surface area contributed by atoms with Gasteiger partial charge in [0.2, 0.25) is 0 Å². The lowest BCUT2D eigenvalue weighted by molar-refractivity contribution is -0.386. The van der Waals surface area contributed by atoms with Crippen molar-refractivity contribution in [2.75, 3.05) is 14.2 Å². The van der Waals surface area contributed by atoms with E-state index in [4.69, 9.17) is 14.2 Å². The summed E-state index contributed by atoms with van der Waals surface area (Å²) in [6.45, 7) is 0. The van der Waals surface area contributed by atoms with Crippen molar-refractivity contribution in [3.05, 3.63) is 94.3 Å². The van der Waals surface area contributed by atoms with Gasteiger partial charge in [0.25, 0.3) is 5.88 Å². The van der Waals surface area contributed by atoms with Gasteiger partial charge in [0.15, 0.2) is 5.69 Å². The molecule has 35 heavy (non-hydrogen) atoms. The third-order valence-corrected chi connectivity index (χ3v) is 4.94. The lowest BCUT2D eigenvalue weighted by atomic mass is 10.1. The Morgan fingerprint density at radius 3 is 2.23 bits per heavy atom. The van der Waals surface area contributed by atoms with Gasteiger partial charge < -0.3 is 14.2 Å². The number of pyridine rings is 1. The van der Waals surface area contributed by atoms with Gasteiger partial charge in [-0.15, -0.1) is 0 Å². The summed E-state index contributed by atoms with van der Waals surface area (Å²) < 4.78 is 16.7. The number of ether oxygens (including phenoxy) is 3. The molecular weight excluding hydrogens is 456 g/mol. The van der Waals surface area contributed by atoms with E-state index in [-0.39, 0.29) is 34.3 Å². The van der Waals surface area contributed by atoms with Crippen LogP contribution in [0.4, 0.5) is 5.69 Å². The van der Waals surface area contributed by atoms with Crippen LogP contribution in [0.2, 0.25) is 0 Å². The highest BCUT2D eigenvalue weighted by atomic mass is 16.6. The molecule has 0 N–H and O–H groups in total. The Bertz CT molecular complexity index is 1400. The molecule has 2 aromatic heterocycles. The van der Waals surface area contributed by atoms with Gasteiger partial charge in [0, 0.05) is 17.8 Å². The predicted octanol–water partition coefficient (Wildman–Crippen LogP) is 4.21. The number of nitrogens with zero attached hydrogens (tertiary/aromatic N) is 4. The van der Waals surface area contributed by atoms with Crippen LogP contribution >= 0.6 is 0 Å². The summed E-state index contributed by atoms with van der Waals surface area (Å²) in [5.41, 5.74) is 0.729. The van der Waals surface area contributed by atoms with Crippen LogP contribution in [0, 0.1) is 10.1 Å². The minimum absolute atomic E-state index is 0.0720. The van der Waals surface area contributed by atoms with Crippen molar-refractivity contribution in [1.29, 1.82) is 0 Å². The fourth-order valence-corrected chi connectivity index (χ4v) is 3.35. The number of methoxy groups -OCH3 is 2. The molecule has 2 aromatic carbocycles. The molecule has 0 amide bonds. The number of aromatic nitrogens is 3. The topological polar surface area (TPSA) is 136 Å². The number of nitro groups is 1. The first-order valence-electron chi connectivity index (χ1n) is 10.2. The molecule has 176 valence electrons. The third-order valence-electron chi connectivity index (χ3n) is 4.94. The second-order valence-electron chi connectivity index (χ2n) is 7.01. The van der Waals surface area contributed by atoms with Gasteiger partial charge in [-0.2, -0.15) is 5.10 Å². The average molecular weight is 474 g/mol. The Morgan fingerprint density at radius 2 is 1.60 bits per heavy atom. The lowest BCUT2D eigenvalue weighted by Gasteiger charge is -2.07. The van der Waals surface area contributed by atoms with Crippen molar-refractivity contribution in [3.8, 4) is 28.6 Å². The first-order chi connectivity index (χ1) is 16.9. The zero-order chi connectivity index (χ0) is 24.9.